The van der Waals surface area contributed by atoms with Crippen LogP contribution in [0, 0.1) is 29.6 Å². The summed E-state index contributed by atoms with van der Waals surface area (Å²) in [5.41, 5.74) is 0. The third kappa shape index (κ3) is 3.35. The summed E-state index contributed by atoms with van der Waals surface area (Å²) in [5.74, 6) is 5.19. The first-order valence-corrected chi connectivity index (χ1v) is 8.94. The van der Waals surface area contributed by atoms with Crippen molar-refractivity contribution in [2.75, 3.05) is 13.2 Å². The maximum atomic E-state index is 5.37. The number of hydrogen-bond acceptors (Lipinski definition) is 1. The summed E-state index contributed by atoms with van der Waals surface area (Å²) in [6, 6.07) is 0. The van der Waals surface area contributed by atoms with Crippen molar-refractivity contribution >= 4 is 0 Å². The zero-order valence-corrected chi connectivity index (χ0v) is 12.8. The van der Waals surface area contributed by atoms with E-state index in [4.69, 9.17) is 4.74 Å². The van der Waals surface area contributed by atoms with Crippen molar-refractivity contribution in [2.45, 2.75) is 71.1 Å². The van der Waals surface area contributed by atoms with Crippen LogP contribution in [0.3, 0.4) is 0 Å². The van der Waals surface area contributed by atoms with Gasteiger partial charge in [-0.1, -0.05) is 32.6 Å². The molecule has 3 aliphatic rings. The summed E-state index contributed by atoms with van der Waals surface area (Å²) >= 11 is 0. The van der Waals surface area contributed by atoms with Gasteiger partial charge >= 0.3 is 0 Å². The topological polar surface area (TPSA) is 9.23 Å². The summed E-state index contributed by atoms with van der Waals surface area (Å²) in [7, 11) is 0. The lowest BCUT2D eigenvalue weighted by molar-refractivity contribution is -0.0722. The molecule has 0 amide bonds. The Morgan fingerprint density at radius 3 is 1.58 bits per heavy atom. The molecule has 110 valence electrons. The van der Waals surface area contributed by atoms with E-state index in [-0.39, 0.29) is 0 Å². The highest BCUT2D eigenvalue weighted by Gasteiger charge is 2.35. The lowest BCUT2D eigenvalue weighted by Gasteiger charge is -2.41. The molecule has 1 saturated heterocycles. The Labute approximate surface area is 119 Å². The lowest BCUT2D eigenvalue weighted by Crippen LogP contribution is -2.37. The van der Waals surface area contributed by atoms with Crippen LogP contribution in [0.4, 0.5) is 0 Å². The van der Waals surface area contributed by atoms with Crippen LogP contribution in [0.2, 0.25) is 0 Å². The van der Waals surface area contributed by atoms with Gasteiger partial charge in [0.05, 0.1) is 13.2 Å². The van der Waals surface area contributed by atoms with Gasteiger partial charge in [-0.15, -0.1) is 0 Å². The Bertz CT molecular complexity index is 255. The predicted octanol–water partition coefficient (Wildman–Crippen LogP) is 5.05. The van der Waals surface area contributed by atoms with Gasteiger partial charge in [-0.25, -0.2) is 0 Å². The van der Waals surface area contributed by atoms with Crippen LogP contribution in [0.5, 0.6) is 0 Å². The molecular weight excluding hydrogens is 232 g/mol. The highest BCUT2D eigenvalue weighted by molar-refractivity contribution is 4.85. The van der Waals surface area contributed by atoms with Gasteiger partial charge in [-0.2, -0.15) is 0 Å². The first kappa shape index (κ1) is 13.9. The second-order valence-electron chi connectivity index (χ2n) is 7.54. The van der Waals surface area contributed by atoms with Crippen molar-refractivity contribution in [3.05, 3.63) is 0 Å². The summed E-state index contributed by atoms with van der Waals surface area (Å²) in [4.78, 5) is 0. The first-order chi connectivity index (χ1) is 9.36. The molecule has 3 fully saturated rings. The maximum Gasteiger partial charge on any atom is 0.0519 e. The van der Waals surface area contributed by atoms with Crippen molar-refractivity contribution in [2.24, 2.45) is 29.6 Å². The quantitative estimate of drug-likeness (QED) is 0.690. The van der Waals surface area contributed by atoms with E-state index in [1.807, 2.05) is 0 Å². The van der Waals surface area contributed by atoms with E-state index in [9.17, 15) is 0 Å². The molecule has 0 spiro atoms. The van der Waals surface area contributed by atoms with E-state index in [2.05, 4.69) is 6.92 Å². The van der Waals surface area contributed by atoms with Gasteiger partial charge < -0.3 is 4.74 Å². The third-order valence-corrected chi connectivity index (χ3v) is 6.40. The normalized spacial score (nSPS) is 40.9. The van der Waals surface area contributed by atoms with Gasteiger partial charge in [0.25, 0.3) is 0 Å². The van der Waals surface area contributed by atoms with Crippen LogP contribution in [0.1, 0.15) is 71.1 Å². The van der Waals surface area contributed by atoms with Crippen LogP contribution in [-0.4, -0.2) is 13.2 Å². The molecule has 0 aromatic carbocycles. The molecule has 0 radical (unpaired) electrons. The van der Waals surface area contributed by atoms with Crippen LogP contribution >= 0.6 is 0 Å². The standard InChI is InChI=1S/C18H32O/c1-2-3-14-4-6-15(7-5-14)16-8-10-17(11-9-16)18-12-19-13-18/h14-18H,2-13H2,1H3. The van der Waals surface area contributed by atoms with Crippen LogP contribution in [-0.2, 0) is 4.74 Å². The summed E-state index contributed by atoms with van der Waals surface area (Å²) < 4.78 is 5.37. The molecule has 1 aliphatic heterocycles. The van der Waals surface area contributed by atoms with E-state index in [1.54, 1.807) is 12.8 Å². The Morgan fingerprint density at radius 1 is 0.684 bits per heavy atom. The van der Waals surface area contributed by atoms with Crippen LogP contribution in [0.15, 0.2) is 0 Å². The van der Waals surface area contributed by atoms with Crippen molar-refractivity contribution in [3.8, 4) is 0 Å². The minimum Gasteiger partial charge on any atom is -0.381 e. The summed E-state index contributed by atoms with van der Waals surface area (Å²) in [5, 5.41) is 0. The summed E-state index contributed by atoms with van der Waals surface area (Å²) in [6.45, 7) is 4.48. The molecule has 0 atom stereocenters. The van der Waals surface area contributed by atoms with Gasteiger partial charge in [0, 0.05) is 5.92 Å². The minimum atomic E-state index is 0.932. The molecule has 19 heavy (non-hydrogen) atoms. The van der Waals surface area contributed by atoms with E-state index < -0.39 is 0 Å². The van der Waals surface area contributed by atoms with E-state index in [0.717, 1.165) is 42.8 Å². The molecule has 2 saturated carbocycles. The molecule has 1 nitrogen and oxygen atoms in total. The highest BCUT2D eigenvalue weighted by atomic mass is 16.5. The third-order valence-electron chi connectivity index (χ3n) is 6.40. The minimum absolute atomic E-state index is 0.932. The fourth-order valence-electron chi connectivity index (χ4n) is 4.97. The Morgan fingerprint density at radius 2 is 1.16 bits per heavy atom. The molecule has 0 bridgehead atoms. The van der Waals surface area contributed by atoms with E-state index in [0.29, 0.717) is 0 Å². The van der Waals surface area contributed by atoms with E-state index >= 15 is 0 Å². The average molecular weight is 264 g/mol. The first-order valence-electron chi connectivity index (χ1n) is 8.94. The fraction of sp³-hybridized carbons (Fsp3) is 1.00. The molecule has 1 heterocycles. The second-order valence-corrected chi connectivity index (χ2v) is 7.54. The van der Waals surface area contributed by atoms with Gasteiger partial charge in [-0.3, -0.25) is 0 Å². The van der Waals surface area contributed by atoms with Gasteiger partial charge in [-0.05, 0) is 62.2 Å². The number of hydrogen-bond donors (Lipinski definition) is 0. The van der Waals surface area contributed by atoms with Crippen molar-refractivity contribution in [3.63, 3.8) is 0 Å². The zero-order chi connectivity index (χ0) is 13.1. The van der Waals surface area contributed by atoms with Crippen LogP contribution in [0.25, 0.3) is 0 Å². The van der Waals surface area contributed by atoms with Crippen molar-refractivity contribution in [1.82, 2.24) is 0 Å². The van der Waals surface area contributed by atoms with Gasteiger partial charge in [0.15, 0.2) is 0 Å². The molecule has 0 N–H and O–H groups in total. The fourth-order valence-corrected chi connectivity index (χ4v) is 4.97. The molecule has 2 aliphatic carbocycles. The van der Waals surface area contributed by atoms with Gasteiger partial charge in [0.1, 0.15) is 0 Å². The molecule has 0 unspecified atom stereocenters. The Balaban J connectivity index is 1.39. The Hall–Kier alpha value is -0.0400. The molecular formula is C18H32O. The Kier molecular flexibility index (Phi) is 4.84. The predicted molar refractivity (Wildman–Crippen MR) is 80.1 cm³/mol. The molecule has 3 rings (SSSR count). The smallest absolute Gasteiger partial charge is 0.0519 e. The van der Waals surface area contributed by atoms with Crippen LogP contribution < -0.4 is 0 Å². The number of ether oxygens (including phenoxy) is 1. The molecule has 1 heteroatoms. The lowest BCUT2D eigenvalue weighted by atomic mass is 9.67. The largest absolute Gasteiger partial charge is 0.381 e. The zero-order valence-electron chi connectivity index (χ0n) is 12.8. The average Bonchev–Trinajstić information content (AvgIpc) is 2.39. The monoisotopic (exact) mass is 264 g/mol. The molecule has 0 aromatic heterocycles. The van der Waals surface area contributed by atoms with Gasteiger partial charge in [0.2, 0.25) is 0 Å². The summed E-state index contributed by atoms with van der Waals surface area (Å²) in [6.07, 6.45) is 15.1. The SMILES string of the molecule is CCCC1CCC(C2CCC(C3COC3)CC2)CC1. The highest BCUT2D eigenvalue weighted by Crippen LogP contribution is 2.44. The second kappa shape index (κ2) is 6.61. The maximum absolute atomic E-state index is 5.37. The van der Waals surface area contributed by atoms with Crippen molar-refractivity contribution < 1.29 is 4.74 Å². The molecule has 0 aromatic rings. The van der Waals surface area contributed by atoms with Crippen molar-refractivity contribution in [1.29, 1.82) is 0 Å². The van der Waals surface area contributed by atoms with E-state index in [1.165, 1.54) is 51.4 Å². The number of rotatable bonds is 4.